The maximum absolute atomic E-state index is 12.1. The Balaban J connectivity index is 0.000000251. The molecular weight excluding hydrogens is 339 g/mol. The van der Waals surface area contributed by atoms with Crippen LogP contribution in [0.25, 0.3) is 0 Å². The molecule has 2 aromatic heterocycles. The van der Waals surface area contributed by atoms with Crippen molar-refractivity contribution in [1.29, 1.82) is 0 Å². The summed E-state index contributed by atoms with van der Waals surface area (Å²) in [5.41, 5.74) is 0.809. The fourth-order valence-corrected chi connectivity index (χ4v) is 1.80. The minimum absolute atomic E-state index is 0.0144. The molecule has 25 heavy (non-hydrogen) atoms. The van der Waals surface area contributed by atoms with Crippen molar-refractivity contribution in [3.05, 3.63) is 59.2 Å². The van der Waals surface area contributed by atoms with Crippen LogP contribution in [0.1, 0.15) is 68.5 Å². The van der Waals surface area contributed by atoms with Crippen molar-refractivity contribution in [2.75, 3.05) is 0 Å². The van der Waals surface area contributed by atoms with E-state index in [2.05, 4.69) is 9.97 Å². The van der Waals surface area contributed by atoms with Gasteiger partial charge in [-0.1, -0.05) is 27.7 Å². The molecule has 0 amide bonds. The van der Waals surface area contributed by atoms with Crippen molar-refractivity contribution in [3.63, 3.8) is 0 Å². The summed E-state index contributed by atoms with van der Waals surface area (Å²) in [4.78, 5) is 7.64. The summed E-state index contributed by atoms with van der Waals surface area (Å²) in [6.45, 7) is 7.72. The van der Waals surface area contributed by atoms with Crippen LogP contribution >= 0.6 is 0 Å². The molecule has 2 rings (SSSR count). The van der Waals surface area contributed by atoms with Gasteiger partial charge in [0.1, 0.15) is 0 Å². The van der Waals surface area contributed by atoms with Gasteiger partial charge in [-0.25, -0.2) is 8.78 Å². The summed E-state index contributed by atoms with van der Waals surface area (Å²) in [6, 6.07) is 5.54. The zero-order valence-electron chi connectivity index (χ0n) is 14.5. The first-order valence-corrected chi connectivity index (χ1v) is 7.79. The van der Waals surface area contributed by atoms with Crippen LogP contribution in [0.4, 0.5) is 22.0 Å². The first kappa shape index (κ1) is 21.0. The van der Waals surface area contributed by atoms with Gasteiger partial charge in [-0.2, -0.15) is 13.2 Å². The molecular formula is C18H21F5N2. The van der Waals surface area contributed by atoms with Crippen molar-refractivity contribution >= 4 is 0 Å². The number of halogens is 5. The zero-order chi connectivity index (χ0) is 19.2. The van der Waals surface area contributed by atoms with E-state index in [9.17, 15) is 22.0 Å². The third-order valence-electron chi connectivity index (χ3n) is 3.36. The molecule has 0 saturated carbocycles. The molecule has 0 bridgehead atoms. The predicted molar refractivity (Wildman–Crippen MR) is 86.6 cm³/mol. The van der Waals surface area contributed by atoms with Crippen LogP contribution in [-0.4, -0.2) is 9.97 Å². The molecule has 7 heteroatoms. The van der Waals surface area contributed by atoms with Crippen molar-refractivity contribution in [3.8, 4) is 0 Å². The van der Waals surface area contributed by atoms with E-state index in [1.807, 2.05) is 27.7 Å². The summed E-state index contributed by atoms with van der Waals surface area (Å²) in [7, 11) is 0. The highest BCUT2D eigenvalue weighted by molar-refractivity contribution is 5.18. The van der Waals surface area contributed by atoms with Crippen molar-refractivity contribution in [2.24, 2.45) is 0 Å². The number of rotatable bonds is 3. The molecule has 2 heterocycles. The highest BCUT2D eigenvalue weighted by atomic mass is 19.4. The summed E-state index contributed by atoms with van der Waals surface area (Å²) in [5.74, 6) is 0.444. The highest BCUT2D eigenvalue weighted by Gasteiger charge is 2.30. The Morgan fingerprint density at radius 1 is 0.760 bits per heavy atom. The van der Waals surface area contributed by atoms with Crippen molar-refractivity contribution in [2.45, 2.75) is 52.1 Å². The summed E-state index contributed by atoms with van der Waals surface area (Å²) >= 11 is 0. The quantitative estimate of drug-likeness (QED) is 0.595. The number of aromatic nitrogens is 2. The lowest BCUT2D eigenvalue weighted by molar-refractivity contribution is -0.137. The molecule has 138 valence electrons. The van der Waals surface area contributed by atoms with E-state index in [-0.39, 0.29) is 17.4 Å². The second-order valence-corrected chi connectivity index (χ2v) is 6.10. The molecule has 0 spiro atoms. The molecule has 0 atom stereocenters. The molecule has 0 aliphatic carbocycles. The van der Waals surface area contributed by atoms with Crippen LogP contribution in [0.3, 0.4) is 0 Å². The zero-order valence-corrected chi connectivity index (χ0v) is 14.5. The van der Waals surface area contributed by atoms with Gasteiger partial charge in [0, 0.05) is 29.3 Å². The molecule has 0 aromatic carbocycles. The van der Waals surface area contributed by atoms with Crippen LogP contribution < -0.4 is 0 Å². The van der Waals surface area contributed by atoms with Gasteiger partial charge >= 0.3 is 6.18 Å². The molecule has 0 radical (unpaired) electrons. The van der Waals surface area contributed by atoms with E-state index in [1.165, 1.54) is 18.3 Å². The highest BCUT2D eigenvalue weighted by Crippen LogP contribution is 2.29. The fraction of sp³-hybridized carbons (Fsp3) is 0.444. The Hall–Kier alpha value is -2.05. The molecule has 0 fully saturated rings. The summed E-state index contributed by atoms with van der Waals surface area (Å²) in [5, 5.41) is 0. The number of alkyl halides is 5. The Labute approximate surface area is 144 Å². The smallest absolute Gasteiger partial charge is 0.261 e. The van der Waals surface area contributed by atoms with E-state index in [0.717, 1.165) is 18.0 Å². The Morgan fingerprint density at radius 3 is 1.52 bits per heavy atom. The Morgan fingerprint density at radius 2 is 1.24 bits per heavy atom. The van der Waals surface area contributed by atoms with Crippen LogP contribution in [0.15, 0.2) is 36.7 Å². The molecule has 0 saturated heterocycles. The minimum Gasteiger partial charge on any atom is -0.261 e. The van der Waals surface area contributed by atoms with Gasteiger partial charge in [0.05, 0.1) is 5.56 Å². The van der Waals surface area contributed by atoms with E-state index in [4.69, 9.17) is 0 Å². The Bertz CT molecular complexity index is 605. The predicted octanol–water partition coefficient (Wildman–Crippen LogP) is 6.37. The second kappa shape index (κ2) is 8.87. The third-order valence-corrected chi connectivity index (χ3v) is 3.36. The van der Waals surface area contributed by atoms with Gasteiger partial charge in [-0.05, 0) is 36.1 Å². The monoisotopic (exact) mass is 360 g/mol. The fourth-order valence-electron chi connectivity index (χ4n) is 1.80. The lowest BCUT2D eigenvalue weighted by Crippen LogP contribution is -2.06. The van der Waals surface area contributed by atoms with Gasteiger partial charge in [0.2, 0.25) is 0 Å². The molecule has 0 aliphatic rings. The van der Waals surface area contributed by atoms with E-state index in [0.29, 0.717) is 5.69 Å². The SMILES string of the molecule is CC(C)c1ccc(C(F)(F)F)cn1.CC(C)c1ccc(C(F)F)cn1. The molecule has 0 aliphatic heterocycles. The Kier molecular flexibility index (Phi) is 7.45. The number of hydrogen-bond donors (Lipinski definition) is 0. The lowest BCUT2D eigenvalue weighted by atomic mass is 10.1. The van der Waals surface area contributed by atoms with E-state index in [1.54, 1.807) is 6.07 Å². The van der Waals surface area contributed by atoms with Crippen molar-refractivity contribution in [1.82, 2.24) is 9.97 Å². The molecule has 2 aromatic rings. The lowest BCUT2D eigenvalue weighted by Gasteiger charge is -2.08. The number of nitrogens with zero attached hydrogens (tertiary/aromatic N) is 2. The van der Waals surface area contributed by atoms with Gasteiger partial charge in [0.25, 0.3) is 6.43 Å². The van der Waals surface area contributed by atoms with Crippen LogP contribution in [-0.2, 0) is 6.18 Å². The van der Waals surface area contributed by atoms with E-state index >= 15 is 0 Å². The summed E-state index contributed by atoms with van der Waals surface area (Å²) in [6.07, 6.45) is -4.60. The second-order valence-electron chi connectivity index (χ2n) is 6.10. The standard InChI is InChI=1S/C9H10F3N.C9H11F2N/c1-6(2)8-4-3-7(5-13-8)9(10,11)12;1-6(2)8-4-3-7(5-12-8)9(10)11/h3-6H,1-2H3;3-6,9H,1-2H3. The average Bonchev–Trinajstić information content (AvgIpc) is 2.54. The van der Waals surface area contributed by atoms with Crippen LogP contribution in [0.2, 0.25) is 0 Å². The maximum Gasteiger partial charge on any atom is 0.417 e. The van der Waals surface area contributed by atoms with Gasteiger partial charge < -0.3 is 0 Å². The normalized spacial score (nSPS) is 11.7. The largest absolute Gasteiger partial charge is 0.417 e. The maximum atomic E-state index is 12.1. The molecule has 2 nitrogen and oxygen atoms in total. The minimum atomic E-state index is -4.29. The van der Waals surface area contributed by atoms with E-state index < -0.39 is 18.2 Å². The first-order chi connectivity index (χ1) is 11.5. The van der Waals surface area contributed by atoms with Gasteiger partial charge in [0.15, 0.2) is 0 Å². The topological polar surface area (TPSA) is 25.8 Å². The van der Waals surface area contributed by atoms with Gasteiger partial charge in [-0.15, -0.1) is 0 Å². The number of hydrogen-bond acceptors (Lipinski definition) is 2. The third kappa shape index (κ3) is 6.76. The summed E-state index contributed by atoms with van der Waals surface area (Å²) < 4.78 is 60.4. The van der Waals surface area contributed by atoms with Crippen LogP contribution in [0.5, 0.6) is 0 Å². The first-order valence-electron chi connectivity index (χ1n) is 7.79. The van der Waals surface area contributed by atoms with Gasteiger partial charge in [-0.3, -0.25) is 9.97 Å². The number of pyridine rings is 2. The molecule has 0 unspecified atom stereocenters. The van der Waals surface area contributed by atoms with Crippen LogP contribution in [0, 0.1) is 0 Å². The molecule has 0 N–H and O–H groups in total. The average molecular weight is 360 g/mol. The van der Waals surface area contributed by atoms with Crippen molar-refractivity contribution < 1.29 is 22.0 Å².